The Morgan fingerprint density at radius 1 is 1.32 bits per heavy atom. The molecule has 1 aromatic carbocycles. The summed E-state index contributed by atoms with van der Waals surface area (Å²) in [7, 11) is 0. The molecule has 2 nitrogen and oxygen atoms in total. The van der Waals surface area contributed by atoms with Gasteiger partial charge in [0.05, 0.1) is 6.10 Å². The van der Waals surface area contributed by atoms with E-state index >= 15 is 0 Å². The maximum absolute atomic E-state index is 6.21. The number of nitrogens with two attached hydrogens (primary N) is 1. The summed E-state index contributed by atoms with van der Waals surface area (Å²) in [6, 6.07) is 6.40. The molecule has 0 bridgehead atoms. The summed E-state index contributed by atoms with van der Waals surface area (Å²) in [6.07, 6.45) is 6.15. The summed E-state index contributed by atoms with van der Waals surface area (Å²) in [4.78, 5) is 0. The van der Waals surface area contributed by atoms with Gasteiger partial charge in [0.25, 0.3) is 0 Å². The van der Waals surface area contributed by atoms with Gasteiger partial charge in [-0.1, -0.05) is 22.9 Å². The Morgan fingerprint density at radius 3 is 2.63 bits per heavy atom. The zero-order chi connectivity index (χ0) is 13.8. The Kier molecular flexibility index (Phi) is 5.28. The fourth-order valence-corrected chi connectivity index (χ4v) is 3.10. The Balaban J connectivity index is 2.06. The first kappa shape index (κ1) is 14.9. The summed E-state index contributed by atoms with van der Waals surface area (Å²) in [5.74, 6) is 1.87. The van der Waals surface area contributed by atoms with Gasteiger partial charge in [0.1, 0.15) is 5.75 Å². The second kappa shape index (κ2) is 6.76. The highest BCUT2D eigenvalue weighted by Crippen LogP contribution is 2.30. The summed E-state index contributed by atoms with van der Waals surface area (Å²) < 4.78 is 7.30. The molecular formula is C16H24BrNO. The van der Waals surface area contributed by atoms with Crippen LogP contribution in [0.4, 0.5) is 0 Å². The summed E-state index contributed by atoms with van der Waals surface area (Å²) in [6.45, 7) is 4.37. The van der Waals surface area contributed by atoms with Crippen molar-refractivity contribution in [1.29, 1.82) is 0 Å². The minimum absolute atomic E-state index is 0.156. The first-order chi connectivity index (χ1) is 9.04. The lowest BCUT2D eigenvalue weighted by molar-refractivity contribution is 0.134. The number of hydrogen-bond donors (Lipinski definition) is 1. The second-order valence-electron chi connectivity index (χ2n) is 5.93. The van der Waals surface area contributed by atoms with Crippen LogP contribution in [0.3, 0.4) is 0 Å². The van der Waals surface area contributed by atoms with Crippen LogP contribution in [-0.4, -0.2) is 12.1 Å². The smallest absolute Gasteiger partial charge is 0.123 e. The third kappa shape index (κ3) is 4.50. The third-order valence-corrected chi connectivity index (χ3v) is 4.31. The quantitative estimate of drug-likeness (QED) is 0.895. The van der Waals surface area contributed by atoms with Gasteiger partial charge in [-0.05, 0) is 68.7 Å². The van der Waals surface area contributed by atoms with Crippen LogP contribution in [0.1, 0.15) is 45.1 Å². The van der Waals surface area contributed by atoms with Crippen molar-refractivity contribution < 1.29 is 4.74 Å². The lowest BCUT2D eigenvalue weighted by Gasteiger charge is -2.28. The average Bonchev–Trinajstić information content (AvgIpc) is 2.34. The first-order valence-corrected chi connectivity index (χ1v) is 8.04. The van der Waals surface area contributed by atoms with Gasteiger partial charge in [0.15, 0.2) is 0 Å². The number of ether oxygens (including phenoxy) is 1. The van der Waals surface area contributed by atoms with Crippen LogP contribution in [0, 0.1) is 5.92 Å². The van der Waals surface area contributed by atoms with Crippen molar-refractivity contribution in [2.75, 3.05) is 0 Å². The van der Waals surface area contributed by atoms with Crippen LogP contribution in [0.15, 0.2) is 22.7 Å². The molecule has 0 saturated heterocycles. The van der Waals surface area contributed by atoms with E-state index in [1.807, 2.05) is 13.0 Å². The third-order valence-electron chi connectivity index (χ3n) is 3.82. The van der Waals surface area contributed by atoms with E-state index in [1.54, 1.807) is 0 Å². The molecule has 1 aliphatic rings. The molecule has 2 rings (SSSR count). The highest BCUT2D eigenvalue weighted by atomic mass is 79.9. The number of rotatable bonds is 4. The van der Waals surface area contributed by atoms with Crippen molar-refractivity contribution in [2.24, 2.45) is 11.7 Å². The van der Waals surface area contributed by atoms with Crippen LogP contribution < -0.4 is 10.5 Å². The zero-order valence-corrected chi connectivity index (χ0v) is 13.4. The van der Waals surface area contributed by atoms with Gasteiger partial charge in [-0.3, -0.25) is 0 Å². The summed E-state index contributed by atoms with van der Waals surface area (Å²) in [5.41, 5.74) is 7.13. The lowest BCUT2D eigenvalue weighted by atomic mass is 9.89. The second-order valence-corrected chi connectivity index (χ2v) is 6.85. The fraction of sp³-hybridized carbons (Fsp3) is 0.625. The van der Waals surface area contributed by atoms with E-state index in [4.69, 9.17) is 10.5 Å². The topological polar surface area (TPSA) is 35.2 Å². The van der Waals surface area contributed by atoms with E-state index in [0.717, 1.165) is 22.6 Å². The van der Waals surface area contributed by atoms with E-state index < -0.39 is 0 Å². The SMILES string of the molecule is CC(N)Cc1cc(Br)ccc1OC1CCC(C)CC1. The first-order valence-electron chi connectivity index (χ1n) is 7.25. The van der Waals surface area contributed by atoms with Gasteiger partial charge in [-0.2, -0.15) is 0 Å². The molecule has 3 heteroatoms. The van der Waals surface area contributed by atoms with Gasteiger partial charge >= 0.3 is 0 Å². The van der Waals surface area contributed by atoms with Gasteiger partial charge in [-0.25, -0.2) is 0 Å². The molecule has 0 heterocycles. The molecule has 1 aliphatic carbocycles. The molecule has 1 aromatic rings. The summed E-state index contributed by atoms with van der Waals surface area (Å²) in [5, 5.41) is 0. The van der Waals surface area contributed by atoms with Crippen LogP contribution in [0.5, 0.6) is 5.75 Å². The molecule has 0 aliphatic heterocycles. The largest absolute Gasteiger partial charge is 0.490 e. The molecule has 1 unspecified atom stereocenters. The molecule has 19 heavy (non-hydrogen) atoms. The van der Waals surface area contributed by atoms with Crippen LogP contribution in [0.2, 0.25) is 0 Å². The molecule has 1 atom stereocenters. The van der Waals surface area contributed by atoms with Crippen molar-refractivity contribution >= 4 is 15.9 Å². The van der Waals surface area contributed by atoms with Crippen LogP contribution in [-0.2, 0) is 6.42 Å². The molecule has 0 spiro atoms. The number of benzene rings is 1. The minimum Gasteiger partial charge on any atom is -0.490 e. The van der Waals surface area contributed by atoms with Gasteiger partial charge < -0.3 is 10.5 Å². The number of hydrogen-bond acceptors (Lipinski definition) is 2. The van der Waals surface area contributed by atoms with Crippen LogP contribution in [0.25, 0.3) is 0 Å². The molecule has 2 N–H and O–H groups in total. The zero-order valence-electron chi connectivity index (χ0n) is 11.9. The van der Waals surface area contributed by atoms with Crippen molar-refractivity contribution in [3.8, 4) is 5.75 Å². The standard InChI is InChI=1S/C16H24BrNO/c1-11-3-6-15(7-4-11)19-16-8-5-14(17)10-13(16)9-12(2)18/h5,8,10-12,15H,3-4,6-7,9,18H2,1-2H3. The average molecular weight is 326 g/mol. The minimum atomic E-state index is 0.156. The van der Waals surface area contributed by atoms with Crippen molar-refractivity contribution in [3.05, 3.63) is 28.2 Å². The van der Waals surface area contributed by atoms with Gasteiger partial charge in [0.2, 0.25) is 0 Å². The number of halogens is 1. The van der Waals surface area contributed by atoms with E-state index in [-0.39, 0.29) is 6.04 Å². The normalized spacial score (nSPS) is 25.1. The van der Waals surface area contributed by atoms with E-state index in [1.165, 1.54) is 31.2 Å². The van der Waals surface area contributed by atoms with Crippen molar-refractivity contribution in [1.82, 2.24) is 0 Å². The van der Waals surface area contributed by atoms with E-state index in [9.17, 15) is 0 Å². The molecule has 0 amide bonds. The van der Waals surface area contributed by atoms with Crippen LogP contribution >= 0.6 is 15.9 Å². The maximum Gasteiger partial charge on any atom is 0.123 e. The Hall–Kier alpha value is -0.540. The van der Waals surface area contributed by atoms with Crippen molar-refractivity contribution in [2.45, 2.75) is 58.1 Å². The van der Waals surface area contributed by atoms with E-state index in [2.05, 4.69) is 35.0 Å². The monoisotopic (exact) mass is 325 g/mol. The highest BCUT2D eigenvalue weighted by Gasteiger charge is 2.20. The highest BCUT2D eigenvalue weighted by molar-refractivity contribution is 9.10. The molecule has 0 aromatic heterocycles. The van der Waals surface area contributed by atoms with Gasteiger partial charge in [0, 0.05) is 10.5 Å². The predicted octanol–water partition coefficient (Wildman–Crippen LogP) is 4.30. The molecule has 1 fully saturated rings. The van der Waals surface area contributed by atoms with Crippen molar-refractivity contribution in [3.63, 3.8) is 0 Å². The van der Waals surface area contributed by atoms with Gasteiger partial charge in [-0.15, -0.1) is 0 Å². The summed E-state index contributed by atoms with van der Waals surface area (Å²) >= 11 is 3.52. The Morgan fingerprint density at radius 2 is 2.00 bits per heavy atom. The Bertz CT molecular complexity index is 411. The Labute approximate surface area is 124 Å². The van der Waals surface area contributed by atoms with E-state index in [0.29, 0.717) is 6.10 Å². The molecular weight excluding hydrogens is 302 g/mol. The predicted molar refractivity (Wildman–Crippen MR) is 83.5 cm³/mol. The molecule has 106 valence electrons. The fourth-order valence-electron chi connectivity index (χ4n) is 2.70. The lowest BCUT2D eigenvalue weighted by Crippen LogP contribution is -2.24. The molecule has 0 radical (unpaired) electrons. The molecule has 1 saturated carbocycles. The maximum atomic E-state index is 6.21.